The van der Waals surface area contributed by atoms with E-state index in [1.165, 1.54) is 25.5 Å². The van der Waals surface area contributed by atoms with E-state index in [2.05, 4.69) is 46.4 Å². The molecule has 0 amide bonds. The van der Waals surface area contributed by atoms with Gasteiger partial charge in [-0.3, -0.25) is 0 Å². The number of aryl methyl sites for hydroxylation is 1. The third-order valence-corrected chi connectivity index (χ3v) is 4.65. The third kappa shape index (κ3) is 4.07. The van der Waals surface area contributed by atoms with Crippen LogP contribution in [-0.2, 0) is 4.74 Å². The maximum Gasteiger partial charge on any atom is 0.343 e. The lowest BCUT2D eigenvalue weighted by atomic mass is 10.0. The van der Waals surface area contributed by atoms with Crippen molar-refractivity contribution in [1.82, 2.24) is 4.98 Å². The summed E-state index contributed by atoms with van der Waals surface area (Å²) in [6, 6.07) is 12.5. The Balaban J connectivity index is 1.63. The van der Waals surface area contributed by atoms with Crippen molar-refractivity contribution < 1.29 is 14.3 Å². The zero-order valence-electron chi connectivity index (χ0n) is 15.5. The molecule has 1 N–H and O–H groups in total. The zero-order valence-corrected chi connectivity index (χ0v) is 15.5. The average molecular weight is 355 g/mol. The molecule has 2 heterocycles. The van der Waals surface area contributed by atoms with Crippen molar-refractivity contribution in [2.45, 2.75) is 25.8 Å². The highest BCUT2D eigenvalue weighted by molar-refractivity contribution is 5.92. The Morgan fingerprint density at radius 1 is 1.19 bits per heavy atom. The number of carbonyl (C=O) groups is 1. The van der Waals surface area contributed by atoms with Gasteiger partial charge in [0, 0.05) is 24.8 Å². The van der Waals surface area contributed by atoms with Crippen molar-refractivity contribution in [1.29, 1.82) is 0 Å². The zero-order chi connectivity index (χ0) is 18.5. The molecule has 6 nitrogen and oxygen atoms in total. The van der Waals surface area contributed by atoms with E-state index in [-0.39, 0.29) is 0 Å². The van der Waals surface area contributed by atoms with E-state index in [0.29, 0.717) is 17.5 Å². The number of nitrogens with zero attached hydrogens (tertiary/aromatic N) is 2. The number of anilines is 2. The van der Waals surface area contributed by atoms with Crippen LogP contribution in [0.15, 0.2) is 36.4 Å². The van der Waals surface area contributed by atoms with Gasteiger partial charge in [-0.05, 0) is 49.6 Å². The largest absolute Gasteiger partial charge is 0.480 e. The first kappa shape index (κ1) is 18.0. The van der Waals surface area contributed by atoms with Crippen LogP contribution in [0.5, 0.6) is 5.88 Å². The van der Waals surface area contributed by atoms with Crippen LogP contribution in [0.1, 0.15) is 28.8 Å². The smallest absolute Gasteiger partial charge is 0.343 e. The second kappa shape index (κ2) is 8.08. The van der Waals surface area contributed by atoms with Crippen LogP contribution < -0.4 is 15.0 Å². The van der Waals surface area contributed by atoms with Crippen LogP contribution in [0.2, 0.25) is 0 Å². The third-order valence-electron chi connectivity index (χ3n) is 4.65. The standard InChI is InChI=1S/C20H25N3O3/c1-14-5-4-6-16(13-14)21-15-9-11-23(12-10-15)18-8-7-17(20(24)26-3)19(22-18)25-2/h4-8,13,15,21H,9-12H2,1-3H3. The molecule has 1 aliphatic heterocycles. The van der Waals surface area contributed by atoms with Crippen molar-refractivity contribution in [3.05, 3.63) is 47.5 Å². The van der Waals surface area contributed by atoms with E-state index in [1.54, 1.807) is 6.07 Å². The molecule has 0 radical (unpaired) electrons. The molecule has 0 bridgehead atoms. The number of hydrogen-bond donors (Lipinski definition) is 1. The molecule has 1 aromatic carbocycles. The quantitative estimate of drug-likeness (QED) is 0.831. The summed E-state index contributed by atoms with van der Waals surface area (Å²) in [4.78, 5) is 18.5. The van der Waals surface area contributed by atoms with Gasteiger partial charge >= 0.3 is 5.97 Å². The van der Waals surface area contributed by atoms with Crippen LogP contribution in [0.4, 0.5) is 11.5 Å². The van der Waals surface area contributed by atoms with E-state index < -0.39 is 5.97 Å². The Morgan fingerprint density at radius 3 is 2.62 bits per heavy atom. The lowest BCUT2D eigenvalue weighted by Crippen LogP contribution is -2.39. The molecule has 2 aromatic rings. The number of piperidine rings is 1. The van der Waals surface area contributed by atoms with Gasteiger partial charge in [-0.2, -0.15) is 4.98 Å². The molecular formula is C20H25N3O3. The van der Waals surface area contributed by atoms with Gasteiger partial charge in [0.2, 0.25) is 5.88 Å². The summed E-state index contributed by atoms with van der Waals surface area (Å²) in [6.07, 6.45) is 2.05. The van der Waals surface area contributed by atoms with Crippen LogP contribution in [0.25, 0.3) is 0 Å². The minimum Gasteiger partial charge on any atom is -0.480 e. The summed E-state index contributed by atoms with van der Waals surface area (Å²) in [7, 11) is 2.86. The molecule has 1 aromatic heterocycles. The molecule has 138 valence electrons. The monoisotopic (exact) mass is 355 g/mol. The highest BCUT2D eigenvalue weighted by Crippen LogP contribution is 2.25. The summed E-state index contributed by atoms with van der Waals surface area (Å²) in [5.41, 5.74) is 2.77. The summed E-state index contributed by atoms with van der Waals surface area (Å²) in [5.74, 6) is 0.680. The number of carbonyl (C=O) groups excluding carboxylic acids is 1. The molecular weight excluding hydrogens is 330 g/mol. The molecule has 26 heavy (non-hydrogen) atoms. The molecule has 0 atom stereocenters. The van der Waals surface area contributed by atoms with Crippen molar-refractivity contribution in [2.75, 3.05) is 37.5 Å². The van der Waals surface area contributed by atoms with Gasteiger partial charge in [-0.25, -0.2) is 4.79 Å². The van der Waals surface area contributed by atoms with Gasteiger partial charge in [-0.1, -0.05) is 12.1 Å². The SMILES string of the molecule is COC(=O)c1ccc(N2CCC(Nc3cccc(C)c3)CC2)nc1OC. The summed E-state index contributed by atoms with van der Waals surface area (Å²) >= 11 is 0. The Bertz CT molecular complexity index is 771. The van der Waals surface area contributed by atoms with Gasteiger partial charge in [0.25, 0.3) is 0 Å². The number of esters is 1. The Hall–Kier alpha value is -2.76. The molecule has 0 spiro atoms. The van der Waals surface area contributed by atoms with Crippen LogP contribution >= 0.6 is 0 Å². The van der Waals surface area contributed by atoms with E-state index in [9.17, 15) is 4.79 Å². The number of rotatable bonds is 5. The molecule has 1 fully saturated rings. The number of aromatic nitrogens is 1. The van der Waals surface area contributed by atoms with E-state index >= 15 is 0 Å². The van der Waals surface area contributed by atoms with Gasteiger partial charge in [-0.15, -0.1) is 0 Å². The maximum absolute atomic E-state index is 11.8. The number of pyridine rings is 1. The van der Waals surface area contributed by atoms with Gasteiger partial charge in [0.15, 0.2) is 0 Å². The van der Waals surface area contributed by atoms with Crippen LogP contribution in [-0.4, -0.2) is 44.3 Å². The molecule has 1 aliphatic rings. The first-order valence-electron chi connectivity index (χ1n) is 8.82. The Labute approximate surface area is 154 Å². The molecule has 0 unspecified atom stereocenters. The van der Waals surface area contributed by atoms with Crippen molar-refractivity contribution in [3.63, 3.8) is 0 Å². The Kier molecular flexibility index (Phi) is 5.61. The lowest BCUT2D eigenvalue weighted by molar-refractivity contribution is 0.0596. The minimum absolute atomic E-state index is 0.300. The van der Waals surface area contributed by atoms with Crippen molar-refractivity contribution in [3.8, 4) is 5.88 Å². The fourth-order valence-electron chi connectivity index (χ4n) is 3.25. The van der Waals surface area contributed by atoms with Crippen LogP contribution in [0, 0.1) is 6.92 Å². The molecule has 0 aliphatic carbocycles. The number of nitrogens with one attached hydrogen (secondary N) is 1. The molecule has 3 rings (SSSR count). The summed E-state index contributed by atoms with van der Waals surface area (Å²) in [5, 5.41) is 3.61. The summed E-state index contributed by atoms with van der Waals surface area (Å²) in [6.45, 7) is 3.90. The topological polar surface area (TPSA) is 63.7 Å². The number of hydrogen-bond acceptors (Lipinski definition) is 6. The fourth-order valence-corrected chi connectivity index (χ4v) is 3.25. The first-order valence-corrected chi connectivity index (χ1v) is 8.82. The van der Waals surface area contributed by atoms with Crippen molar-refractivity contribution >= 4 is 17.5 Å². The van der Waals surface area contributed by atoms with E-state index in [4.69, 9.17) is 9.47 Å². The predicted molar refractivity (Wildman–Crippen MR) is 102 cm³/mol. The molecule has 1 saturated heterocycles. The van der Waals surface area contributed by atoms with E-state index in [1.807, 2.05) is 6.07 Å². The Morgan fingerprint density at radius 2 is 1.96 bits per heavy atom. The predicted octanol–water partition coefficient (Wildman–Crippen LogP) is 3.27. The average Bonchev–Trinajstić information content (AvgIpc) is 2.67. The van der Waals surface area contributed by atoms with Crippen LogP contribution in [0.3, 0.4) is 0 Å². The van der Waals surface area contributed by atoms with Crippen molar-refractivity contribution in [2.24, 2.45) is 0 Å². The minimum atomic E-state index is -0.443. The second-order valence-corrected chi connectivity index (χ2v) is 6.49. The number of methoxy groups -OCH3 is 2. The first-order chi connectivity index (χ1) is 12.6. The lowest BCUT2D eigenvalue weighted by Gasteiger charge is -2.33. The summed E-state index contributed by atoms with van der Waals surface area (Å²) < 4.78 is 10.0. The molecule has 6 heteroatoms. The van der Waals surface area contributed by atoms with Gasteiger partial charge in [0.1, 0.15) is 11.4 Å². The normalized spacial score (nSPS) is 14.8. The van der Waals surface area contributed by atoms with Gasteiger partial charge in [0.05, 0.1) is 14.2 Å². The number of ether oxygens (including phenoxy) is 2. The van der Waals surface area contributed by atoms with E-state index in [0.717, 1.165) is 31.7 Å². The highest BCUT2D eigenvalue weighted by Gasteiger charge is 2.22. The fraction of sp³-hybridized carbons (Fsp3) is 0.400. The highest BCUT2D eigenvalue weighted by atomic mass is 16.5. The number of benzene rings is 1. The second-order valence-electron chi connectivity index (χ2n) is 6.49. The molecule has 0 saturated carbocycles. The van der Waals surface area contributed by atoms with Gasteiger partial charge < -0.3 is 19.7 Å². The maximum atomic E-state index is 11.8.